The number of primary amides is 1. The number of rotatable bonds is 4. The SMILES string of the molecule is CCC(OC)(OC(N)=O)c1ccc(F)cc1. The molecule has 0 fully saturated rings. The van der Waals surface area contributed by atoms with Crippen LogP contribution in [0.1, 0.15) is 18.9 Å². The molecule has 5 heteroatoms. The summed E-state index contributed by atoms with van der Waals surface area (Å²) < 4.78 is 22.9. The first-order valence-corrected chi connectivity index (χ1v) is 4.83. The normalized spacial score (nSPS) is 14.2. The van der Waals surface area contributed by atoms with Crippen LogP contribution in [0.3, 0.4) is 0 Å². The minimum absolute atomic E-state index is 0.371. The number of benzene rings is 1. The molecule has 0 spiro atoms. The lowest BCUT2D eigenvalue weighted by atomic mass is 10.0. The first-order chi connectivity index (χ1) is 7.54. The van der Waals surface area contributed by atoms with Crippen molar-refractivity contribution in [3.05, 3.63) is 35.6 Å². The van der Waals surface area contributed by atoms with Crippen LogP contribution >= 0.6 is 0 Å². The summed E-state index contributed by atoms with van der Waals surface area (Å²) in [6, 6.07) is 5.52. The predicted octanol–water partition coefficient (Wildman–Crippen LogP) is 2.13. The van der Waals surface area contributed by atoms with Crippen molar-refractivity contribution in [2.45, 2.75) is 19.1 Å². The average Bonchev–Trinajstić information content (AvgIpc) is 2.27. The van der Waals surface area contributed by atoms with Crippen molar-refractivity contribution in [1.82, 2.24) is 0 Å². The van der Waals surface area contributed by atoms with Crippen molar-refractivity contribution in [1.29, 1.82) is 0 Å². The van der Waals surface area contributed by atoms with Gasteiger partial charge < -0.3 is 15.2 Å². The fraction of sp³-hybridized carbons (Fsp3) is 0.364. The summed E-state index contributed by atoms with van der Waals surface area (Å²) in [5, 5.41) is 0. The van der Waals surface area contributed by atoms with E-state index < -0.39 is 11.9 Å². The molecule has 0 saturated heterocycles. The molecule has 0 saturated carbocycles. The van der Waals surface area contributed by atoms with E-state index in [1.54, 1.807) is 6.92 Å². The molecule has 4 nitrogen and oxygen atoms in total. The predicted molar refractivity (Wildman–Crippen MR) is 56.0 cm³/mol. The van der Waals surface area contributed by atoms with Crippen molar-refractivity contribution in [3.63, 3.8) is 0 Å². The highest BCUT2D eigenvalue weighted by molar-refractivity contribution is 5.65. The van der Waals surface area contributed by atoms with Crippen molar-refractivity contribution in [3.8, 4) is 0 Å². The zero-order valence-corrected chi connectivity index (χ0v) is 9.20. The van der Waals surface area contributed by atoms with Gasteiger partial charge in [0.25, 0.3) is 0 Å². The van der Waals surface area contributed by atoms with E-state index in [4.69, 9.17) is 15.2 Å². The van der Waals surface area contributed by atoms with Crippen molar-refractivity contribution >= 4 is 6.09 Å². The van der Waals surface area contributed by atoms with Gasteiger partial charge in [0.1, 0.15) is 5.82 Å². The van der Waals surface area contributed by atoms with Crippen molar-refractivity contribution in [2.75, 3.05) is 7.11 Å². The molecule has 0 aliphatic rings. The van der Waals surface area contributed by atoms with Gasteiger partial charge in [0, 0.05) is 19.1 Å². The number of nitrogens with two attached hydrogens (primary N) is 1. The summed E-state index contributed by atoms with van der Waals surface area (Å²) in [4.78, 5) is 10.8. The van der Waals surface area contributed by atoms with Gasteiger partial charge in [0.15, 0.2) is 0 Å². The maximum atomic E-state index is 12.8. The van der Waals surface area contributed by atoms with E-state index in [9.17, 15) is 9.18 Å². The van der Waals surface area contributed by atoms with Crippen LogP contribution in [0.2, 0.25) is 0 Å². The largest absolute Gasteiger partial charge is 0.413 e. The highest BCUT2D eigenvalue weighted by atomic mass is 19.1. The second kappa shape index (κ2) is 4.94. The second-order valence-electron chi connectivity index (χ2n) is 3.24. The minimum Gasteiger partial charge on any atom is -0.413 e. The molecule has 0 aliphatic heterocycles. The van der Waals surface area contributed by atoms with E-state index in [0.717, 1.165) is 0 Å². The number of hydrogen-bond acceptors (Lipinski definition) is 3. The first kappa shape index (κ1) is 12.4. The molecule has 2 N–H and O–H groups in total. The monoisotopic (exact) mass is 227 g/mol. The van der Waals surface area contributed by atoms with Crippen LogP contribution < -0.4 is 5.73 Å². The zero-order valence-electron chi connectivity index (χ0n) is 9.20. The molecule has 0 aromatic heterocycles. The molecule has 16 heavy (non-hydrogen) atoms. The van der Waals surface area contributed by atoms with Crippen LogP contribution in [0.5, 0.6) is 0 Å². The molecule has 0 aliphatic carbocycles. The fourth-order valence-corrected chi connectivity index (χ4v) is 1.51. The van der Waals surface area contributed by atoms with Gasteiger partial charge in [-0.3, -0.25) is 0 Å². The van der Waals surface area contributed by atoms with E-state index in [-0.39, 0.29) is 5.82 Å². The number of ether oxygens (including phenoxy) is 2. The van der Waals surface area contributed by atoms with Gasteiger partial charge in [0.2, 0.25) is 5.79 Å². The maximum absolute atomic E-state index is 12.8. The quantitative estimate of drug-likeness (QED) is 0.801. The van der Waals surface area contributed by atoms with Gasteiger partial charge in [-0.05, 0) is 24.3 Å². The number of methoxy groups -OCH3 is 1. The Bertz CT molecular complexity index is 360. The number of hydrogen-bond donors (Lipinski definition) is 1. The Balaban J connectivity index is 3.09. The average molecular weight is 227 g/mol. The minimum atomic E-state index is -1.25. The van der Waals surface area contributed by atoms with E-state index in [1.807, 2.05) is 0 Å². The third-order valence-corrected chi connectivity index (χ3v) is 2.34. The van der Waals surface area contributed by atoms with Crippen LogP contribution in [0.15, 0.2) is 24.3 Å². The van der Waals surface area contributed by atoms with Crippen LogP contribution in [-0.2, 0) is 15.3 Å². The van der Waals surface area contributed by atoms with Crippen LogP contribution in [0.4, 0.5) is 9.18 Å². The van der Waals surface area contributed by atoms with E-state index in [2.05, 4.69) is 0 Å². The maximum Gasteiger partial charge on any atom is 0.407 e. The molecular formula is C11H14FNO3. The topological polar surface area (TPSA) is 61.6 Å². The standard InChI is InChI=1S/C11H14FNO3/c1-3-11(15-2,16-10(13)14)8-4-6-9(12)7-5-8/h4-7H,3H2,1-2H3,(H2,13,14). The van der Waals surface area contributed by atoms with E-state index in [1.165, 1.54) is 31.4 Å². The number of carbonyl (C=O) groups excluding carboxylic acids is 1. The number of amides is 1. The van der Waals surface area contributed by atoms with E-state index in [0.29, 0.717) is 12.0 Å². The molecule has 1 atom stereocenters. The molecular weight excluding hydrogens is 213 g/mol. The molecule has 1 aromatic rings. The Kier molecular flexibility index (Phi) is 3.84. The summed E-state index contributed by atoms with van der Waals surface area (Å²) in [6.07, 6.45) is -0.564. The van der Waals surface area contributed by atoms with Gasteiger partial charge in [-0.2, -0.15) is 0 Å². The third kappa shape index (κ3) is 2.49. The lowest BCUT2D eigenvalue weighted by Crippen LogP contribution is -2.36. The van der Waals surface area contributed by atoms with Crippen LogP contribution in [0, 0.1) is 5.82 Å². The van der Waals surface area contributed by atoms with Gasteiger partial charge in [0.05, 0.1) is 0 Å². The summed E-state index contributed by atoms with van der Waals surface area (Å²) in [6.45, 7) is 1.77. The molecule has 1 unspecified atom stereocenters. The summed E-state index contributed by atoms with van der Waals surface area (Å²) >= 11 is 0. The van der Waals surface area contributed by atoms with Crippen LogP contribution in [0.25, 0.3) is 0 Å². The van der Waals surface area contributed by atoms with Gasteiger partial charge in [-0.1, -0.05) is 6.92 Å². The van der Waals surface area contributed by atoms with Crippen molar-refractivity contribution in [2.24, 2.45) is 5.73 Å². The van der Waals surface area contributed by atoms with Crippen molar-refractivity contribution < 1.29 is 18.7 Å². The smallest absolute Gasteiger partial charge is 0.407 e. The second-order valence-corrected chi connectivity index (χ2v) is 3.24. The Morgan fingerprint density at radius 3 is 2.38 bits per heavy atom. The van der Waals surface area contributed by atoms with Gasteiger partial charge in [-0.25, -0.2) is 9.18 Å². The Hall–Kier alpha value is -1.62. The Labute approximate surface area is 93.2 Å². The summed E-state index contributed by atoms with van der Waals surface area (Å²) in [7, 11) is 1.40. The highest BCUT2D eigenvalue weighted by Crippen LogP contribution is 2.30. The molecule has 0 bridgehead atoms. The molecule has 0 heterocycles. The molecule has 1 rings (SSSR count). The highest BCUT2D eigenvalue weighted by Gasteiger charge is 2.34. The Morgan fingerprint density at radius 1 is 1.44 bits per heavy atom. The number of halogens is 1. The third-order valence-electron chi connectivity index (χ3n) is 2.34. The molecule has 0 radical (unpaired) electrons. The summed E-state index contributed by atoms with van der Waals surface area (Å²) in [5.74, 6) is -1.62. The molecule has 88 valence electrons. The Morgan fingerprint density at radius 2 is 2.00 bits per heavy atom. The molecule has 1 amide bonds. The van der Waals surface area contributed by atoms with Gasteiger partial charge in [-0.15, -0.1) is 0 Å². The zero-order chi connectivity index (χ0) is 12.2. The first-order valence-electron chi connectivity index (χ1n) is 4.83. The fourth-order valence-electron chi connectivity index (χ4n) is 1.51. The van der Waals surface area contributed by atoms with Crippen LogP contribution in [-0.4, -0.2) is 13.2 Å². The number of carbonyl (C=O) groups is 1. The summed E-state index contributed by atoms with van der Waals surface area (Å²) in [5.41, 5.74) is 5.52. The lowest BCUT2D eigenvalue weighted by Gasteiger charge is -2.30. The lowest BCUT2D eigenvalue weighted by molar-refractivity contribution is -0.193. The van der Waals surface area contributed by atoms with Gasteiger partial charge >= 0.3 is 6.09 Å². The van der Waals surface area contributed by atoms with E-state index >= 15 is 0 Å². The molecule has 1 aromatic carbocycles.